The molecule has 6 heteroatoms. The van der Waals surface area contributed by atoms with Gasteiger partial charge in [0.05, 0.1) is 0 Å². The van der Waals surface area contributed by atoms with Gasteiger partial charge in [0.1, 0.15) is 0 Å². The third kappa shape index (κ3) is 5.64. The first-order valence-electron chi connectivity index (χ1n) is 18.7. The molecule has 9 rings (SSSR count). The van der Waals surface area contributed by atoms with Gasteiger partial charge in [0.25, 0.3) is 0 Å². The largest absolute Gasteiger partial charge is 0.377 e. The van der Waals surface area contributed by atoms with E-state index in [1.165, 1.54) is 75.2 Å². The van der Waals surface area contributed by atoms with Crippen molar-refractivity contribution in [2.75, 3.05) is 9.62 Å². The van der Waals surface area contributed by atoms with Gasteiger partial charge < -0.3 is 9.62 Å². The van der Waals surface area contributed by atoms with Crippen LogP contribution >= 0.6 is 22.7 Å². The first-order valence-corrected chi connectivity index (χ1v) is 20.3. The summed E-state index contributed by atoms with van der Waals surface area (Å²) >= 11 is 4.02. The zero-order chi connectivity index (χ0) is 34.5. The van der Waals surface area contributed by atoms with E-state index in [1.807, 2.05) is 22.7 Å². The Hall–Kier alpha value is -4.51. The Kier molecular flexibility index (Phi) is 8.61. The number of thiophene rings is 2. The normalized spacial score (nSPS) is 16.1. The molecule has 3 aliphatic rings. The fourth-order valence-electron chi connectivity index (χ4n) is 8.37. The molecule has 0 bridgehead atoms. The van der Waals surface area contributed by atoms with Crippen molar-refractivity contribution in [1.82, 2.24) is 0 Å². The molecule has 4 aromatic carbocycles. The van der Waals surface area contributed by atoms with Crippen LogP contribution in [0.3, 0.4) is 0 Å². The highest BCUT2D eigenvalue weighted by atomic mass is 32.1. The molecule has 51 heavy (non-hydrogen) atoms. The van der Waals surface area contributed by atoms with E-state index in [4.69, 9.17) is 0 Å². The molecular weight excluding hydrogens is 654 g/mol. The molecule has 2 aromatic heterocycles. The van der Waals surface area contributed by atoms with Crippen molar-refractivity contribution in [2.45, 2.75) is 52.9 Å². The summed E-state index contributed by atoms with van der Waals surface area (Å²) in [6.07, 6.45) is 12.8. The molecule has 1 atom stereocenters. The minimum Gasteiger partial charge on any atom is -0.377 e. The van der Waals surface area contributed by atoms with E-state index in [0.717, 1.165) is 32.1 Å². The van der Waals surface area contributed by atoms with Gasteiger partial charge >= 0.3 is 13.7 Å². The second-order valence-corrected chi connectivity index (χ2v) is 16.6. The number of aryl methyl sites for hydroxylation is 2. The number of nitrogens with zero attached hydrogens (tertiary/aromatic N) is 2. The predicted octanol–water partition coefficient (Wildman–Crippen LogP) is 9.71. The number of anilines is 3. The lowest BCUT2D eigenvalue weighted by atomic mass is 9.46. The highest BCUT2D eigenvalue weighted by Gasteiger charge is 2.43. The van der Waals surface area contributed by atoms with Gasteiger partial charge in [-0.1, -0.05) is 148 Å². The van der Waals surface area contributed by atoms with Crippen molar-refractivity contribution >= 4 is 75.3 Å². The molecule has 1 unspecified atom stereocenters. The van der Waals surface area contributed by atoms with Crippen LogP contribution in [0, 0.1) is 5.92 Å². The van der Waals surface area contributed by atoms with Crippen LogP contribution in [0.25, 0.3) is 20.9 Å². The summed E-state index contributed by atoms with van der Waals surface area (Å²) in [6, 6.07) is 43.6. The Morgan fingerprint density at radius 3 is 1.61 bits per heavy atom. The molecule has 6 aromatic rings. The average molecular weight is 697 g/mol. The van der Waals surface area contributed by atoms with Gasteiger partial charge in [-0.05, 0) is 66.4 Å². The Morgan fingerprint density at radius 2 is 1.12 bits per heavy atom. The molecule has 2 nitrogen and oxygen atoms in total. The van der Waals surface area contributed by atoms with Crippen LogP contribution in [0.2, 0.25) is 0 Å². The van der Waals surface area contributed by atoms with E-state index >= 15 is 0 Å². The number of para-hydroxylation sites is 1. The standard InChI is InChI=1S/C45H42B2N2S2/c1-4-15-36-27-40-44(50-36)38-30-43-39(29-42(38)48(34-21-13-8-14-22-34)46(40)32-17-9-6-10-18-32)45-41(28-37(51-45)16-5-2)47(33-19-11-7-12-20-33)49(43)35-25-23-31(3)24-26-35/h6-14,17-23,25-31H,4-5,15-16,24H2,1-3H3. The number of fused-ring (bicyclic) bond motifs is 6. The van der Waals surface area contributed by atoms with E-state index in [1.54, 1.807) is 0 Å². The first kappa shape index (κ1) is 32.4. The second kappa shape index (κ2) is 13.6. The zero-order valence-electron chi connectivity index (χ0n) is 29.7. The fourth-order valence-corrected chi connectivity index (χ4v) is 11.0. The van der Waals surface area contributed by atoms with Crippen LogP contribution in [0.15, 0.2) is 139 Å². The summed E-state index contributed by atoms with van der Waals surface area (Å²) in [5.41, 5.74) is 13.3. The number of rotatable bonds is 8. The third-order valence-electron chi connectivity index (χ3n) is 10.7. The highest BCUT2D eigenvalue weighted by Crippen LogP contribution is 2.51. The maximum atomic E-state index is 2.68. The molecule has 0 saturated heterocycles. The molecule has 4 heterocycles. The van der Waals surface area contributed by atoms with Crippen LogP contribution in [0.4, 0.5) is 17.1 Å². The van der Waals surface area contributed by atoms with Crippen LogP contribution in [0.1, 0.15) is 49.8 Å². The van der Waals surface area contributed by atoms with E-state index < -0.39 is 0 Å². The maximum absolute atomic E-state index is 2.68. The second-order valence-electron chi connectivity index (χ2n) is 14.3. The van der Waals surface area contributed by atoms with E-state index in [2.05, 4.69) is 164 Å². The molecule has 0 saturated carbocycles. The molecule has 2 aliphatic heterocycles. The number of benzene rings is 4. The topological polar surface area (TPSA) is 6.48 Å². The predicted molar refractivity (Wildman–Crippen MR) is 226 cm³/mol. The SMILES string of the molecule is CCCc1cc2c(s1)-c1cc3c(cc1N(C1=CCC(C)C=C1)B2c1ccccc1)-c1sc(CCC)cc1B(c1ccccc1)N3c1ccccc1. The van der Waals surface area contributed by atoms with Gasteiger partial charge in [0, 0.05) is 53.4 Å². The van der Waals surface area contributed by atoms with Gasteiger partial charge in [-0.3, -0.25) is 0 Å². The van der Waals surface area contributed by atoms with E-state index in [-0.39, 0.29) is 13.7 Å². The van der Waals surface area contributed by atoms with Gasteiger partial charge in [0.2, 0.25) is 0 Å². The molecule has 1 aliphatic carbocycles. The van der Waals surface area contributed by atoms with Crippen LogP contribution in [-0.2, 0) is 12.8 Å². The first-order chi connectivity index (χ1) is 25.1. The summed E-state index contributed by atoms with van der Waals surface area (Å²) in [5.74, 6) is 0.546. The van der Waals surface area contributed by atoms with Gasteiger partial charge in [0.15, 0.2) is 0 Å². The van der Waals surface area contributed by atoms with Crippen molar-refractivity contribution in [2.24, 2.45) is 5.92 Å². The van der Waals surface area contributed by atoms with Gasteiger partial charge in [-0.2, -0.15) is 0 Å². The van der Waals surface area contributed by atoms with E-state index in [9.17, 15) is 0 Å². The zero-order valence-corrected chi connectivity index (χ0v) is 31.3. The Labute approximate surface area is 312 Å². The van der Waals surface area contributed by atoms with Crippen LogP contribution in [-0.4, -0.2) is 13.7 Å². The lowest BCUT2D eigenvalue weighted by molar-refractivity contribution is 0.729. The summed E-state index contributed by atoms with van der Waals surface area (Å²) < 4.78 is 0. The molecule has 0 radical (unpaired) electrons. The maximum Gasteiger partial charge on any atom is 0.329 e. The van der Waals surface area contributed by atoms with Crippen LogP contribution in [0.5, 0.6) is 0 Å². The third-order valence-corrected chi connectivity index (χ3v) is 13.2. The summed E-state index contributed by atoms with van der Waals surface area (Å²) in [6.45, 7) is 7.10. The highest BCUT2D eigenvalue weighted by molar-refractivity contribution is 7.19. The smallest absolute Gasteiger partial charge is 0.329 e. The molecule has 0 spiro atoms. The molecule has 0 N–H and O–H groups in total. The molecule has 0 fully saturated rings. The molecule has 250 valence electrons. The van der Waals surface area contributed by atoms with Gasteiger partial charge in [-0.15, -0.1) is 22.7 Å². The van der Waals surface area contributed by atoms with Crippen molar-refractivity contribution in [3.63, 3.8) is 0 Å². The fraction of sp³-hybridized carbons (Fsp3) is 0.200. The Bertz CT molecular complexity index is 2250. The minimum atomic E-state index is 0.0803. The van der Waals surface area contributed by atoms with Gasteiger partial charge in [-0.25, -0.2) is 0 Å². The van der Waals surface area contributed by atoms with Crippen molar-refractivity contribution in [3.05, 3.63) is 149 Å². The monoisotopic (exact) mass is 696 g/mol. The summed E-state index contributed by atoms with van der Waals surface area (Å²) in [7, 11) is 0. The quantitative estimate of drug-likeness (QED) is 0.146. The molecular formula is C45H42B2N2S2. The number of hydrogen-bond donors (Lipinski definition) is 0. The van der Waals surface area contributed by atoms with Crippen LogP contribution < -0.4 is 31.5 Å². The van der Waals surface area contributed by atoms with E-state index in [0.29, 0.717) is 5.92 Å². The minimum absolute atomic E-state index is 0.0803. The Balaban J connectivity index is 1.36. The lowest BCUT2D eigenvalue weighted by Gasteiger charge is -2.42. The Morgan fingerprint density at radius 1 is 0.627 bits per heavy atom. The summed E-state index contributed by atoms with van der Waals surface area (Å²) in [5, 5.41) is 0. The number of allylic oxidation sites excluding steroid dienone is 3. The van der Waals surface area contributed by atoms with Crippen molar-refractivity contribution < 1.29 is 0 Å². The molecule has 0 amide bonds. The van der Waals surface area contributed by atoms with Crippen molar-refractivity contribution in [3.8, 4) is 20.9 Å². The lowest BCUT2D eigenvalue weighted by Crippen LogP contribution is -2.59. The van der Waals surface area contributed by atoms with Crippen molar-refractivity contribution in [1.29, 1.82) is 0 Å². The average Bonchev–Trinajstić information content (AvgIpc) is 3.79. The summed E-state index contributed by atoms with van der Waals surface area (Å²) in [4.78, 5) is 11.1. The number of hydrogen-bond acceptors (Lipinski definition) is 4.